The number of carbonyl (C=O) groups is 1. The second-order valence-corrected chi connectivity index (χ2v) is 6.61. The zero-order valence-electron chi connectivity index (χ0n) is 16.5. The number of amides is 1. The van der Waals surface area contributed by atoms with Gasteiger partial charge >= 0.3 is 0 Å². The van der Waals surface area contributed by atoms with Crippen LogP contribution in [0.15, 0.2) is 60.9 Å². The van der Waals surface area contributed by atoms with Gasteiger partial charge in [0.25, 0.3) is 5.91 Å². The van der Waals surface area contributed by atoms with Crippen LogP contribution in [0.5, 0.6) is 0 Å². The number of benzene rings is 1. The van der Waals surface area contributed by atoms with Crippen molar-refractivity contribution in [2.45, 2.75) is 20.3 Å². The summed E-state index contributed by atoms with van der Waals surface area (Å²) in [4.78, 5) is 29.9. The highest BCUT2D eigenvalue weighted by atomic mass is 16.2. The number of likely N-dealkylation sites (N-methyl/N-ethyl adjacent to an activating group) is 1. The van der Waals surface area contributed by atoms with Gasteiger partial charge in [-0.15, -0.1) is 0 Å². The van der Waals surface area contributed by atoms with Gasteiger partial charge in [-0.05, 0) is 56.2 Å². The highest BCUT2D eigenvalue weighted by Gasteiger charge is 2.19. The fourth-order valence-electron chi connectivity index (χ4n) is 2.97. The standard InChI is InChI=1S/C22H25N5O/c1-4-27(19-8-6-5-7-9-19)21(28)20-16-17(2)24-22(25-20)26(3)15-12-18-10-13-23-14-11-18/h5-11,13-14,16H,4,12,15H2,1-3H3. The van der Waals surface area contributed by atoms with Gasteiger partial charge in [0, 0.05) is 43.9 Å². The summed E-state index contributed by atoms with van der Waals surface area (Å²) < 4.78 is 0. The Hall–Kier alpha value is -3.28. The molecule has 0 bridgehead atoms. The first-order valence-electron chi connectivity index (χ1n) is 9.41. The largest absolute Gasteiger partial charge is 0.344 e. The highest BCUT2D eigenvalue weighted by Crippen LogP contribution is 2.18. The SMILES string of the molecule is CCN(C(=O)c1cc(C)nc(N(C)CCc2ccncc2)n1)c1ccccc1. The fourth-order valence-corrected chi connectivity index (χ4v) is 2.97. The Labute approximate surface area is 165 Å². The van der Waals surface area contributed by atoms with Gasteiger partial charge in [0.1, 0.15) is 5.69 Å². The van der Waals surface area contributed by atoms with Crippen LogP contribution in [0.1, 0.15) is 28.7 Å². The number of hydrogen-bond donors (Lipinski definition) is 0. The van der Waals surface area contributed by atoms with Gasteiger partial charge < -0.3 is 9.80 Å². The summed E-state index contributed by atoms with van der Waals surface area (Å²) in [5.41, 5.74) is 3.24. The maximum Gasteiger partial charge on any atom is 0.277 e. The number of pyridine rings is 1. The summed E-state index contributed by atoms with van der Waals surface area (Å²) in [6, 6.07) is 15.4. The molecule has 0 spiro atoms. The Balaban J connectivity index is 1.79. The molecule has 2 heterocycles. The summed E-state index contributed by atoms with van der Waals surface area (Å²) in [5.74, 6) is 0.435. The van der Waals surface area contributed by atoms with Crippen LogP contribution in [-0.4, -0.2) is 41.0 Å². The normalized spacial score (nSPS) is 10.5. The molecule has 0 aliphatic rings. The smallest absolute Gasteiger partial charge is 0.277 e. The monoisotopic (exact) mass is 375 g/mol. The van der Waals surface area contributed by atoms with Crippen LogP contribution < -0.4 is 9.80 Å². The van der Waals surface area contributed by atoms with Crippen molar-refractivity contribution >= 4 is 17.5 Å². The molecular weight excluding hydrogens is 350 g/mol. The summed E-state index contributed by atoms with van der Waals surface area (Å²) in [5, 5.41) is 0. The zero-order chi connectivity index (χ0) is 19.9. The Morgan fingerprint density at radius 2 is 1.75 bits per heavy atom. The minimum absolute atomic E-state index is 0.122. The molecule has 3 rings (SSSR count). The van der Waals surface area contributed by atoms with Crippen LogP contribution in [0, 0.1) is 6.92 Å². The van der Waals surface area contributed by atoms with Crippen LogP contribution in [0.3, 0.4) is 0 Å². The van der Waals surface area contributed by atoms with Crippen molar-refractivity contribution in [2.75, 3.05) is 29.9 Å². The molecule has 6 nitrogen and oxygen atoms in total. The molecule has 0 aliphatic heterocycles. The molecular formula is C22H25N5O. The first-order chi connectivity index (χ1) is 13.6. The van der Waals surface area contributed by atoms with Gasteiger partial charge in [-0.2, -0.15) is 0 Å². The number of carbonyl (C=O) groups excluding carboxylic acids is 1. The molecule has 0 aliphatic carbocycles. The van der Waals surface area contributed by atoms with Crippen molar-refractivity contribution in [3.8, 4) is 0 Å². The van der Waals surface area contributed by atoms with Gasteiger partial charge in [0.05, 0.1) is 0 Å². The number of aryl methyl sites for hydroxylation is 1. The van der Waals surface area contributed by atoms with Crippen LogP contribution in [0.2, 0.25) is 0 Å². The number of para-hydroxylation sites is 1. The van der Waals surface area contributed by atoms with E-state index in [0.29, 0.717) is 18.2 Å². The lowest BCUT2D eigenvalue weighted by Gasteiger charge is -2.22. The lowest BCUT2D eigenvalue weighted by molar-refractivity contribution is 0.0983. The van der Waals surface area contributed by atoms with E-state index in [9.17, 15) is 4.79 Å². The number of anilines is 2. The lowest BCUT2D eigenvalue weighted by atomic mass is 10.2. The van der Waals surface area contributed by atoms with Crippen molar-refractivity contribution < 1.29 is 4.79 Å². The molecule has 0 radical (unpaired) electrons. The molecule has 0 fully saturated rings. The number of aromatic nitrogens is 3. The maximum atomic E-state index is 13.1. The van der Waals surface area contributed by atoms with Gasteiger partial charge in [-0.1, -0.05) is 18.2 Å². The second kappa shape index (κ2) is 9.08. The molecule has 0 saturated heterocycles. The molecule has 0 N–H and O–H groups in total. The minimum Gasteiger partial charge on any atom is -0.344 e. The highest BCUT2D eigenvalue weighted by molar-refractivity contribution is 6.04. The van der Waals surface area contributed by atoms with E-state index in [-0.39, 0.29) is 5.91 Å². The van der Waals surface area contributed by atoms with Crippen LogP contribution in [0.25, 0.3) is 0 Å². The third-order valence-electron chi connectivity index (χ3n) is 4.52. The Morgan fingerprint density at radius 1 is 1.04 bits per heavy atom. The molecule has 6 heteroatoms. The Morgan fingerprint density at radius 3 is 2.43 bits per heavy atom. The van der Waals surface area contributed by atoms with E-state index in [2.05, 4.69) is 15.0 Å². The van der Waals surface area contributed by atoms with E-state index in [1.807, 2.05) is 68.3 Å². The molecule has 2 aromatic heterocycles. The number of hydrogen-bond acceptors (Lipinski definition) is 5. The van der Waals surface area contributed by atoms with E-state index >= 15 is 0 Å². The minimum atomic E-state index is -0.122. The molecule has 3 aromatic rings. The van der Waals surface area contributed by atoms with E-state index in [0.717, 1.165) is 24.3 Å². The first kappa shape index (κ1) is 19.5. The van der Waals surface area contributed by atoms with Gasteiger partial charge in [-0.3, -0.25) is 9.78 Å². The van der Waals surface area contributed by atoms with Crippen molar-refractivity contribution in [2.24, 2.45) is 0 Å². The Bertz CT molecular complexity index is 915. The molecule has 0 atom stereocenters. The average Bonchev–Trinajstić information content (AvgIpc) is 2.73. The van der Waals surface area contributed by atoms with E-state index in [1.54, 1.807) is 23.4 Å². The van der Waals surface area contributed by atoms with Crippen molar-refractivity contribution in [3.63, 3.8) is 0 Å². The fraction of sp³-hybridized carbons (Fsp3) is 0.273. The summed E-state index contributed by atoms with van der Waals surface area (Å²) in [6.45, 7) is 5.16. The van der Waals surface area contributed by atoms with Crippen molar-refractivity contribution in [1.82, 2.24) is 15.0 Å². The molecule has 0 unspecified atom stereocenters. The van der Waals surface area contributed by atoms with Gasteiger partial charge in [0.2, 0.25) is 5.95 Å². The second-order valence-electron chi connectivity index (χ2n) is 6.61. The molecule has 0 saturated carbocycles. The predicted molar refractivity (Wildman–Crippen MR) is 112 cm³/mol. The quantitative estimate of drug-likeness (QED) is 0.632. The first-order valence-corrected chi connectivity index (χ1v) is 9.41. The van der Waals surface area contributed by atoms with Crippen LogP contribution >= 0.6 is 0 Å². The summed E-state index contributed by atoms with van der Waals surface area (Å²) in [7, 11) is 1.94. The van der Waals surface area contributed by atoms with Crippen LogP contribution in [0.4, 0.5) is 11.6 Å². The van der Waals surface area contributed by atoms with Gasteiger partial charge in [0.15, 0.2) is 0 Å². The number of rotatable bonds is 7. The molecule has 28 heavy (non-hydrogen) atoms. The molecule has 1 amide bonds. The summed E-state index contributed by atoms with van der Waals surface area (Å²) in [6.07, 6.45) is 4.43. The maximum absolute atomic E-state index is 13.1. The topological polar surface area (TPSA) is 62.2 Å². The van der Waals surface area contributed by atoms with E-state index in [1.165, 1.54) is 5.56 Å². The van der Waals surface area contributed by atoms with Crippen LogP contribution in [-0.2, 0) is 6.42 Å². The van der Waals surface area contributed by atoms with Gasteiger partial charge in [-0.25, -0.2) is 9.97 Å². The number of nitrogens with zero attached hydrogens (tertiary/aromatic N) is 5. The lowest BCUT2D eigenvalue weighted by Crippen LogP contribution is -2.32. The Kier molecular flexibility index (Phi) is 6.32. The summed E-state index contributed by atoms with van der Waals surface area (Å²) >= 11 is 0. The van der Waals surface area contributed by atoms with Crippen molar-refractivity contribution in [3.05, 3.63) is 77.9 Å². The van der Waals surface area contributed by atoms with E-state index < -0.39 is 0 Å². The van der Waals surface area contributed by atoms with E-state index in [4.69, 9.17) is 0 Å². The van der Waals surface area contributed by atoms with Crippen molar-refractivity contribution in [1.29, 1.82) is 0 Å². The molecule has 144 valence electrons. The third-order valence-corrected chi connectivity index (χ3v) is 4.52. The third kappa shape index (κ3) is 4.71. The average molecular weight is 375 g/mol. The zero-order valence-corrected chi connectivity index (χ0v) is 16.5. The predicted octanol–water partition coefficient (Wildman–Crippen LogP) is 3.53. The molecule has 1 aromatic carbocycles.